The summed E-state index contributed by atoms with van der Waals surface area (Å²) in [4.78, 5) is 4.28. The maximum absolute atomic E-state index is 13.8. The summed E-state index contributed by atoms with van der Waals surface area (Å²) in [5.74, 6) is -0.801. The van der Waals surface area contributed by atoms with Crippen LogP contribution >= 0.6 is 15.9 Å². The molecule has 1 saturated carbocycles. The Morgan fingerprint density at radius 2 is 1.95 bits per heavy atom. The van der Waals surface area contributed by atoms with Crippen molar-refractivity contribution in [3.8, 4) is 0 Å². The van der Waals surface area contributed by atoms with E-state index in [-0.39, 0.29) is 5.69 Å². The Kier molecular flexibility index (Phi) is 3.05. The van der Waals surface area contributed by atoms with Crippen LogP contribution in [-0.2, 0) is 0 Å². The molecule has 100 valence electrons. The lowest BCUT2D eigenvalue weighted by molar-refractivity contribution is 0.588. The van der Waals surface area contributed by atoms with E-state index in [0.717, 1.165) is 18.5 Å². The third-order valence-electron chi connectivity index (χ3n) is 3.04. The minimum absolute atomic E-state index is 0.171. The van der Waals surface area contributed by atoms with E-state index in [1.54, 1.807) is 0 Å². The monoisotopic (exact) mass is 327 g/mol. The first kappa shape index (κ1) is 12.6. The van der Waals surface area contributed by atoms with Gasteiger partial charge in [-0.15, -0.1) is 0 Å². The van der Waals surface area contributed by atoms with Crippen molar-refractivity contribution in [1.29, 1.82) is 0 Å². The number of hydrogen-bond donors (Lipinski definition) is 1. The average molecular weight is 328 g/mol. The third kappa shape index (κ3) is 2.49. The molecule has 3 nitrogen and oxygen atoms in total. The summed E-state index contributed by atoms with van der Waals surface area (Å²) in [6, 6.07) is 2.84. The normalized spacial score (nSPS) is 14.7. The van der Waals surface area contributed by atoms with E-state index in [1.165, 1.54) is 12.1 Å². The maximum Gasteiger partial charge on any atom is 0.207 e. The van der Waals surface area contributed by atoms with Crippen LogP contribution in [0.4, 0.5) is 20.4 Å². The van der Waals surface area contributed by atoms with Gasteiger partial charge in [-0.2, -0.15) is 0 Å². The van der Waals surface area contributed by atoms with Crippen LogP contribution in [0.2, 0.25) is 0 Å². The molecule has 0 unspecified atom stereocenters. The zero-order valence-electron chi connectivity index (χ0n) is 10.3. The van der Waals surface area contributed by atoms with Crippen molar-refractivity contribution in [2.45, 2.75) is 25.8 Å². The SMILES string of the molecule is Cc1cn(C2CC2)c(Nc2c(F)cc(Br)cc2F)n1. The lowest BCUT2D eigenvalue weighted by Crippen LogP contribution is -2.04. The molecule has 0 aliphatic heterocycles. The Morgan fingerprint density at radius 1 is 1.32 bits per heavy atom. The van der Waals surface area contributed by atoms with Crippen LogP contribution in [0.25, 0.3) is 0 Å². The van der Waals surface area contributed by atoms with Gasteiger partial charge in [0.25, 0.3) is 0 Å². The Bertz CT molecular complexity index is 612. The number of benzene rings is 1. The van der Waals surface area contributed by atoms with E-state index in [4.69, 9.17) is 0 Å². The van der Waals surface area contributed by atoms with Gasteiger partial charge in [-0.05, 0) is 31.9 Å². The summed E-state index contributed by atoms with van der Waals surface area (Å²) in [6.07, 6.45) is 4.06. The summed E-state index contributed by atoms with van der Waals surface area (Å²) >= 11 is 3.06. The standard InChI is InChI=1S/C13H12BrF2N3/c1-7-6-19(9-2-3-9)13(17-7)18-12-10(15)4-8(14)5-11(12)16/h4-6,9H,2-3H2,1H3,(H,17,18). The van der Waals surface area contributed by atoms with Crippen LogP contribution in [0.3, 0.4) is 0 Å². The van der Waals surface area contributed by atoms with Gasteiger partial charge in [-0.1, -0.05) is 15.9 Å². The number of imidazole rings is 1. The van der Waals surface area contributed by atoms with Crippen LogP contribution < -0.4 is 5.32 Å². The van der Waals surface area contributed by atoms with Crippen molar-refractivity contribution in [2.75, 3.05) is 5.32 Å². The molecule has 1 N–H and O–H groups in total. The summed E-state index contributed by atoms with van der Waals surface area (Å²) in [6.45, 7) is 1.86. The Balaban J connectivity index is 1.97. The molecule has 0 spiro atoms. The largest absolute Gasteiger partial charge is 0.321 e. The number of halogens is 3. The van der Waals surface area contributed by atoms with Gasteiger partial charge in [0.15, 0.2) is 11.6 Å². The number of hydrogen-bond acceptors (Lipinski definition) is 2. The Morgan fingerprint density at radius 3 is 2.53 bits per heavy atom. The average Bonchev–Trinajstić information content (AvgIpc) is 3.08. The van der Waals surface area contributed by atoms with Crippen molar-refractivity contribution < 1.29 is 8.78 Å². The molecule has 1 heterocycles. The van der Waals surface area contributed by atoms with Crippen molar-refractivity contribution in [1.82, 2.24) is 9.55 Å². The molecule has 0 amide bonds. The minimum atomic E-state index is -0.644. The predicted molar refractivity (Wildman–Crippen MR) is 72.6 cm³/mol. The van der Waals surface area contributed by atoms with Gasteiger partial charge in [0, 0.05) is 16.7 Å². The second kappa shape index (κ2) is 4.59. The molecule has 6 heteroatoms. The van der Waals surface area contributed by atoms with Crippen LogP contribution in [0.5, 0.6) is 0 Å². The van der Waals surface area contributed by atoms with Crippen molar-refractivity contribution >= 4 is 27.6 Å². The number of anilines is 2. The lowest BCUT2D eigenvalue weighted by Gasteiger charge is -2.10. The molecule has 1 fully saturated rings. The lowest BCUT2D eigenvalue weighted by atomic mass is 10.3. The van der Waals surface area contributed by atoms with E-state index in [1.807, 2.05) is 17.7 Å². The van der Waals surface area contributed by atoms with Crippen molar-refractivity contribution in [3.63, 3.8) is 0 Å². The predicted octanol–water partition coefficient (Wildman–Crippen LogP) is 4.31. The zero-order valence-corrected chi connectivity index (χ0v) is 11.8. The van der Waals surface area contributed by atoms with Gasteiger partial charge in [0.05, 0.1) is 5.69 Å². The molecule has 0 radical (unpaired) electrons. The summed E-state index contributed by atoms with van der Waals surface area (Å²) in [7, 11) is 0. The Hall–Kier alpha value is -1.43. The van der Waals surface area contributed by atoms with E-state index >= 15 is 0 Å². The minimum Gasteiger partial charge on any atom is -0.321 e. The molecule has 1 aromatic carbocycles. The van der Waals surface area contributed by atoms with E-state index in [2.05, 4.69) is 26.2 Å². The van der Waals surface area contributed by atoms with Crippen molar-refractivity contribution in [2.24, 2.45) is 0 Å². The topological polar surface area (TPSA) is 29.9 Å². The van der Waals surface area contributed by atoms with E-state index < -0.39 is 11.6 Å². The molecule has 0 bridgehead atoms. The molecular formula is C13H12BrF2N3. The fraction of sp³-hybridized carbons (Fsp3) is 0.308. The van der Waals surface area contributed by atoms with Gasteiger partial charge in [0.1, 0.15) is 5.69 Å². The van der Waals surface area contributed by atoms with Crippen LogP contribution in [0.1, 0.15) is 24.6 Å². The van der Waals surface area contributed by atoms with E-state index in [9.17, 15) is 8.78 Å². The molecule has 1 aliphatic carbocycles. The molecule has 1 aliphatic rings. The fourth-order valence-corrected chi connectivity index (χ4v) is 2.42. The molecule has 3 rings (SSSR count). The summed E-state index contributed by atoms with van der Waals surface area (Å²) in [5, 5.41) is 2.76. The van der Waals surface area contributed by atoms with Crippen LogP contribution in [-0.4, -0.2) is 9.55 Å². The highest BCUT2D eigenvalue weighted by Crippen LogP contribution is 2.38. The smallest absolute Gasteiger partial charge is 0.207 e. The van der Waals surface area contributed by atoms with Gasteiger partial charge in [-0.3, -0.25) is 0 Å². The van der Waals surface area contributed by atoms with Crippen molar-refractivity contribution in [3.05, 3.63) is 40.1 Å². The van der Waals surface area contributed by atoms with Gasteiger partial charge >= 0.3 is 0 Å². The highest BCUT2D eigenvalue weighted by atomic mass is 79.9. The highest BCUT2D eigenvalue weighted by molar-refractivity contribution is 9.10. The second-order valence-corrected chi connectivity index (χ2v) is 5.63. The summed E-state index contributed by atoms with van der Waals surface area (Å²) < 4.78 is 29.9. The van der Waals surface area contributed by atoms with Crippen LogP contribution in [0, 0.1) is 18.6 Å². The first-order valence-electron chi connectivity index (χ1n) is 6.01. The summed E-state index contributed by atoms with van der Waals surface area (Å²) in [5.41, 5.74) is 0.656. The molecule has 0 atom stereocenters. The quantitative estimate of drug-likeness (QED) is 0.910. The highest BCUT2D eigenvalue weighted by Gasteiger charge is 2.27. The van der Waals surface area contributed by atoms with Gasteiger partial charge < -0.3 is 9.88 Å². The molecule has 0 saturated heterocycles. The number of nitrogens with one attached hydrogen (secondary N) is 1. The maximum atomic E-state index is 13.8. The number of aromatic nitrogens is 2. The Labute approximate surface area is 117 Å². The third-order valence-corrected chi connectivity index (χ3v) is 3.49. The second-order valence-electron chi connectivity index (χ2n) is 4.71. The van der Waals surface area contributed by atoms with Gasteiger partial charge in [-0.25, -0.2) is 13.8 Å². The van der Waals surface area contributed by atoms with Crippen LogP contribution in [0.15, 0.2) is 22.8 Å². The molecule has 2 aromatic rings. The number of rotatable bonds is 3. The number of nitrogens with zero attached hydrogens (tertiary/aromatic N) is 2. The first-order chi connectivity index (χ1) is 9.04. The molecular weight excluding hydrogens is 316 g/mol. The van der Waals surface area contributed by atoms with Gasteiger partial charge in [0.2, 0.25) is 5.95 Å². The zero-order chi connectivity index (χ0) is 13.6. The molecule has 1 aromatic heterocycles. The van der Waals surface area contributed by atoms with E-state index in [0.29, 0.717) is 16.5 Å². The number of aryl methyl sites for hydroxylation is 1. The fourth-order valence-electron chi connectivity index (χ4n) is 2.01. The molecule has 19 heavy (non-hydrogen) atoms. The first-order valence-corrected chi connectivity index (χ1v) is 6.81.